The topological polar surface area (TPSA) is 47.8 Å². The van der Waals surface area contributed by atoms with Gasteiger partial charge < -0.3 is 0 Å². The summed E-state index contributed by atoms with van der Waals surface area (Å²) in [6.07, 6.45) is 1.62. The molecule has 0 N–H and O–H groups in total. The Labute approximate surface area is 161 Å². The van der Waals surface area contributed by atoms with Crippen LogP contribution in [0.4, 0.5) is 0 Å². The molecule has 0 aliphatic rings. The Morgan fingerprint density at radius 3 is 2.92 bits per heavy atom. The van der Waals surface area contributed by atoms with Crippen molar-refractivity contribution in [1.82, 2.24) is 14.5 Å². The molecule has 0 saturated heterocycles. The molecule has 0 saturated carbocycles. The predicted molar refractivity (Wildman–Crippen MR) is 108 cm³/mol. The summed E-state index contributed by atoms with van der Waals surface area (Å²) < 4.78 is 2.66. The first kappa shape index (κ1) is 16.6. The maximum atomic E-state index is 12.8. The Bertz CT molecular complexity index is 1140. The average molecular weight is 432 g/mol. The van der Waals surface area contributed by atoms with E-state index in [1.807, 2.05) is 43.5 Å². The fourth-order valence-corrected chi connectivity index (χ4v) is 4.89. The molecule has 3 aromatic heterocycles. The summed E-state index contributed by atoms with van der Waals surface area (Å²) in [5.41, 5.74) is 2.97. The minimum atomic E-state index is 0.00357. The van der Waals surface area contributed by atoms with Gasteiger partial charge in [0.15, 0.2) is 0 Å². The maximum absolute atomic E-state index is 12.8. The van der Waals surface area contributed by atoms with Crippen molar-refractivity contribution < 1.29 is 0 Å². The lowest BCUT2D eigenvalue weighted by atomic mass is 10.2. The van der Waals surface area contributed by atoms with Crippen molar-refractivity contribution in [3.8, 4) is 10.6 Å². The van der Waals surface area contributed by atoms with Crippen molar-refractivity contribution in [2.24, 2.45) is 0 Å². The monoisotopic (exact) mass is 431 g/mol. The van der Waals surface area contributed by atoms with Gasteiger partial charge in [0.25, 0.3) is 5.56 Å². The fourth-order valence-electron chi connectivity index (χ4n) is 2.69. The molecule has 126 valence electrons. The van der Waals surface area contributed by atoms with Crippen molar-refractivity contribution in [2.75, 3.05) is 0 Å². The van der Waals surface area contributed by atoms with Crippen LogP contribution in [0.5, 0.6) is 0 Å². The summed E-state index contributed by atoms with van der Waals surface area (Å²) >= 11 is 6.64. The largest absolute Gasteiger partial charge is 0.293 e. The Morgan fingerprint density at radius 1 is 1.28 bits per heavy atom. The van der Waals surface area contributed by atoms with Crippen LogP contribution in [-0.4, -0.2) is 14.5 Å². The number of halogens is 1. The zero-order valence-electron chi connectivity index (χ0n) is 13.6. The van der Waals surface area contributed by atoms with E-state index in [0.29, 0.717) is 6.54 Å². The minimum absolute atomic E-state index is 0.00357. The summed E-state index contributed by atoms with van der Waals surface area (Å²) in [5.74, 6) is 0. The number of fused-ring (bicyclic) bond motifs is 1. The second kappa shape index (κ2) is 6.48. The SMILES string of the molecule is Cc1sc2ncn(Cc3csc(-c4cccc(Br)c4)n3)c(=O)c2c1C. The van der Waals surface area contributed by atoms with Gasteiger partial charge in [-0.05, 0) is 31.5 Å². The normalized spacial score (nSPS) is 11.3. The van der Waals surface area contributed by atoms with Gasteiger partial charge in [-0.15, -0.1) is 22.7 Å². The van der Waals surface area contributed by atoms with Gasteiger partial charge in [0.05, 0.1) is 24.0 Å². The highest BCUT2D eigenvalue weighted by Crippen LogP contribution is 2.27. The van der Waals surface area contributed by atoms with E-state index in [4.69, 9.17) is 0 Å². The maximum Gasteiger partial charge on any atom is 0.262 e. The number of hydrogen-bond acceptors (Lipinski definition) is 5. The van der Waals surface area contributed by atoms with Gasteiger partial charge in [-0.25, -0.2) is 9.97 Å². The van der Waals surface area contributed by atoms with Gasteiger partial charge in [0.1, 0.15) is 9.84 Å². The second-order valence-corrected chi connectivity index (χ2v) is 8.77. The van der Waals surface area contributed by atoms with Crippen LogP contribution in [0.1, 0.15) is 16.1 Å². The molecule has 0 spiro atoms. The highest BCUT2D eigenvalue weighted by atomic mass is 79.9. The van der Waals surface area contributed by atoms with Crippen LogP contribution in [0.15, 0.2) is 45.2 Å². The van der Waals surface area contributed by atoms with Gasteiger partial charge in [0, 0.05) is 20.3 Å². The number of aromatic nitrogens is 3. The minimum Gasteiger partial charge on any atom is -0.293 e. The highest BCUT2D eigenvalue weighted by molar-refractivity contribution is 9.10. The van der Waals surface area contributed by atoms with Crippen LogP contribution in [0.2, 0.25) is 0 Å². The van der Waals surface area contributed by atoms with E-state index in [2.05, 4.69) is 25.9 Å². The molecule has 1 aromatic carbocycles. The molecule has 3 heterocycles. The fraction of sp³-hybridized carbons (Fsp3) is 0.167. The van der Waals surface area contributed by atoms with Crippen LogP contribution in [-0.2, 0) is 6.54 Å². The summed E-state index contributed by atoms with van der Waals surface area (Å²) in [6, 6.07) is 8.05. The van der Waals surface area contributed by atoms with Crippen LogP contribution in [0.25, 0.3) is 20.8 Å². The standard InChI is InChI=1S/C18H14BrN3OS2/c1-10-11(2)25-17-15(10)18(23)22(9-20-17)7-14-8-24-16(21-14)12-4-3-5-13(19)6-12/h3-6,8-9H,7H2,1-2H3. The number of benzene rings is 1. The highest BCUT2D eigenvalue weighted by Gasteiger charge is 2.13. The molecule has 7 heteroatoms. The van der Waals surface area contributed by atoms with Crippen LogP contribution < -0.4 is 5.56 Å². The Kier molecular flexibility index (Phi) is 4.31. The van der Waals surface area contributed by atoms with E-state index in [9.17, 15) is 4.79 Å². The Hall–Kier alpha value is -1.83. The van der Waals surface area contributed by atoms with Gasteiger partial charge in [-0.3, -0.25) is 9.36 Å². The molecule has 4 nitrogen and oxygen atoms in total. The van der Waals surface area contributed by atoms with Gasteiger partial charge in [-0.1, -0.05) is 28.1 Å². The van der Waals surface area contributed by atoms with Crippen molar-refractivity contribution in [3.05, 3.63) is 66.9 Å². The average Bonchev–Trinajstić information content (AvgIpc) is 3.16. The smallest absolute Gasteiger partial charge is 0.262 e. The molecule has 0 aliphatic carbocycles. The number of thiophene rings is 1. The molecular weight excluding hydrogens is 418 g/mol. The number of hydrogen-bond donors (Lipinski definition) is 0. The zero-order chi connectivity index (χ0) is 17.6. The van der Waals surface area contributed by atoms with E-state index in [1.165, 1.54) is 0 Å². The van der Waals surface area contributed by atoms with Gasteiger partial charge in [-0.2, -0.15) is 0 Å². The van der Waals surface area contributed by atoms with Gasteiger partial charge >= 0.3 is 0 Å². The van der Waals surface area contributed by atoms with E-state index < -0.39 is 0 Å². The third kappa shape index (κ3) is 3.07. The Morgan fingerprint density at radius 2 is 2.12 bits per heavy atom. The molecule has 4 rings (SSSR count). The lowest BCUT2D eigenvalue weighted by Gasteiger charge is -2.03. The predicted octanol–water partition coefficient (Wildman–Crippen LogP) is 5.01. The molecule has 0 aliphatic heterocycles. The van der Waals surface area contributed by atoms with Crippen LogP contribution in [0.3, 0.4) is 0 Å². The molecule has 0 radical (unpaired) electrons. The molecule has 0 atom stereocenters. The lowest BCUT2D eigenvalue weighted by Crippen LogP contribution is -2.21. The van der Waals surface area contributed by atoms with Crippen LogP contribution >= 0.6 is 38.6 Å². The van der Waals surface area contributed by atoms with Crippen LogP contribution in [0, 0.1) is 13.8 Å². The first-order chi connectivity index (χ1) is 12.0. The number of rotatable bonds is 3. The number of thiazole rings is 1. The van der Waals surface area contributed by atoms with Crippen molar-refractivity contribution >= 4 is 48.8 Å². The summed E-state index contributed by atoms with van der Waals surface area (Å²) in [4.78, 5) is 23.9. The zero-order valence-corrected chi connectivity index (χ0v) is 16.8. The molecule has 0 bridgehead atoms. The summed E-state index contributed by atoms with van der Waals surface area (Å²) in [6.45, 7) is 4.44. The van der Waals surface area contributed by atoms with Crippen molar-refractivity contribution in [2.45, 2.75) is 20.4 Å². The summed E-state index contributed by atoms with van der Waals surface area (Å²) in [7, 11) is 0. The summed E-state index contributed by atoms with van der Waals surface area (Å²) in [5, 5.41) is 3.67. The quantitative estimate of drug-likeness (QED) is 0.457. The van der Waals surface area contributed by atoms with E-state index in [0.717, 1.165) is 41.4 Å². The van der Waals surface area contributed by atoms with Crippen molar-refractivity contribution in [3.63, 3.8) is 0 Å². The third-order valence-corrected chi connectivity index (χ3v) is 6.66. The molecule has 0 amide bonds. The molecule has 4 aromatic rings. The molecule has 0 unspecified atom stereocenters. The molecule has 0 fully saturated rings. The number of aryl methyl sites for hydroxylation is 2. The van der Waals surface area contributed by atoms with E-state index >= 15 is 0 Å². The molecular formula is C18H14BrN3OS2. The van der Waals surface area contributed by atoms with E-state index in [-0.39, 0.29) is 5.56 Å². The van der Waals surface area contributed by atoms with Gasteiger partial charge in [0.2, 0.25) is 0 Å². The first-order valence-corrected chi connectivity index (χ1v) is 10.2. The van der Waals surface area contributed by atoms with Crippen molar-refractivity contribution in [1.29, 1.82) is 0 Å². The second-order valence-electron chi connectivity index (χ2n) is 5.80. The number of nitrogens with zero attached hydrogens (tertiary/aromatic N) is 3. The molecule has 25 heavy (non-hydrogen) atoms. The lowest BCUT2D eigenvalue weighted by molar-refractivity contribution is 0.735. The first-order valence-electron chi connectivity index (χ1n) is 7.68. The van der Waals surface area contributed by atoms with E-state index in [1.54, 1.807) is 33.6 Å². The Balaban J connectivity index is 1.69. The third-order valence-electron chi connectivity index (χ3n) is 4.11.